The maximum atomic E-state index is 11.4. The number of ketones is 2. The number of carbonyl (C=O) groups excluding carboxylic acids is 2. The number of hydrogen-bond donors (Lipinski definition) is 0. The number of rotatable bonds is 5. The van der Waals surface area contributed by atoms with Crippen LogP contribution in [0, 0.1) is 0 Å². The van der Waals surface area contributed by atoms with Gasteiger partial charge in [0.1, 0.15) is 5.78 Å². The van der Waals surface area contributed by atoms with Crippen LogP contribution >= 0.6 is 0 Å². The van der Waals surface area contributed by atoms with Crippen molar-refractivity contribution in [2.45, 2.75) is 46.0 Å². The molecule has 0 radical (unpaired) electrons. The van der Waals surface area contributed by atoms with E-state index in [1.807, 2.05) is 6.92 Å². The number of allylic oxidation sites excluding steroid dienone is 2. The van der Waals surface area contributed by atoms with Crippen LogP contribution < -0.4 is 0 Å². The van der Waals surface area contributed by atoms with Gasteiger partial charge in [-0.3, -0.25) is 4.79 Å². The molecule has 1 aliphatic rings. The quantitative estimate of drug-likeness (QED) is 0.651. The van der Waals surface area contributed by atoms with Gasteiger partial charge in [-0.25, -0.2) is 0 Å². The van der Waals surface area contributed by atoms with E-state index in [-0.39, 0.29) is 11.6 Å². The van der Waals surface area contributed by atoms with Crippen molar-refractivity contribution in [2.24, 2.45) is 0 Å². The Kier molecular flexibility index (Phi) is 3.40. The zero-order valence-corrected chi connectivity index (χ0v) is 8.35. The highest BCUT2D eigenvalue weighted by Gasteiger charge is 2.19. The maximum Gasteiger partial charge on any atom is 0.158 e. The lowest BCUT2D eigenvalue weighted by Crippen LogP contribution is -2.12. The molecule has 0 unspecified atom stereocenters. The molecule has 0 N–H and O–H groups in total. The lowest BCUT2D eigenvalue weighted by molar-refractivity contribution is -0.117. The Morgan fingerprint density at radius 1 is 1.23 bits per heavy atom. The van der Waals surface area contributed by atoms with Crippen molar-refractivity contribution in [3.8, 4) is 0 Å². The van der Waals surface area contributed by atoms with Gasteiger partial charge in [-0.15, -0.1) is 0 Å². The Labute approximate surface area is 79.0 Å². The summed E-state index contributed by atoms with van der Waals surface area (Å²) >= 11 is 0. The molecule has 0 heterocycles. The van der Waals surface area contributed by atoms with Crippen molar-refractivity contribution in [3.05, 3.63) is 11.1 Å². The summed E-state index contributed by atoms with van der Waals surface area (Å²) in [6.07, 6.45) is 3.83. The molecule has 0 aliphatic heterocycles. The van der Waals surface area contributed by atoms with E-state index in [1.54, 1.807) is 6.92 Å². The molecule has 2 heteroatoms. The molecule has 1 aliphatic carbocycles. The first-order valence-corrected chi connectivity index (χ1v) is 4.82. The van der Waals surface area contributed by atoms with Crippen molar-refractivity contribution in [1.29, 1.82) is 0 Å². The average molecular weight is 180 g/mol. The van der Waals surface area contributed by atoms with E-state index >= 15 is 0 Å². The van der Waals surface area contributed by atoms with Crippen LogP contribution in [0.5, 0.6) is 0 Å². The van der Waals surface area contributed by atoms with Gasteiger partial charge >= 0.3 is 0 Å². The Hall–Kier alpha value is -0.920. The van der Waals surface area contributed by atoms with Gasteiger partial charge in [0.15, 0.2) is 5.78 Å². The summed E-state index contributed by atoms with van der Waals surface area (Å²) in [5.41, 5.74) is 2.26. The van der Waals surface area contributed by atoms with E-state index in [2.05, 4.69) is 0 Å². The van der Waals surface area contributed by atoms with Gasteiger partial charge in [-0.05, 0) is 38.7 Å². The third-order valence-corrected chi connectivity index (χ3v) is 2.53. The van der Waals surface area contributed by atoms with E-state index in [1.165, 1.54) is 5.57 Å². The Morgan fingerprint density at radius 3 is 2.31 bits per heavy atom. The molecule has 0 spiro atoms. The Morgan fingerprint density at radius 2 is 1.92 bits per heavy atom. The first kappa shape index (κ1) is 10.2. The summed E-state index contributed by atoms with van der Waals surface area (Å²) in [4.78, 5) is 22.1. The van der Waals surface area contributed by atoms with Gasteiger partial charge in [0, 0.05) is 12.8 Å². The maximum absolute atomic E-state index is 11.4. The zero-order valence-electron chi connectivity index (χ0n) is 8.35. The van der Waals surface area contributed by atoms with Gasteiger partial charge in [-0.2, -0.15) is 0 Å². The highest BCUT2D eigenvalue weighted by Crippen LogP contribution is 2.28. The molecule has 0 bridgehead atoms. The minimum absolute atomic E-state index is 0.173. The second kappa shape index (κ2) is 4.35. The van der Waals surface area contributed by atoms with Crippen LogP contribution in [0.25, 0.3) is 0 Å². The smallest absolute Gasteiger partial charge is 0.158 e. The monoisotopic (exact) mass is 180 g/mol. The predicted molar refractivity (Wildman–Crippen MR) is 51.5 cm³/mol. The lowest BCUT2D eigenvalue weighted by atomic mass is 9.85. The van der Waals surface area contributed by atoms with E-state index in [0.717, 1.165) is 18.4 Å². The van der Waals surface area contributed by atoms with Gasteiger partial charge in [0.05, 0.1) is 0 Å². The molecule has 0 aromatic rings. The standard InChI is InChI=1S/C11H16O2/c1-8-6-7-10(8)11(13)5-3-4-9(2)12/h3-7H2,1-2H3. The van der Waals surface area contributed by atoms with E-state index in [0.29, 0.717) is 19.3 Å². The van der Waals surface area contributed by atoms with Crippen molar-refractivity contribution < 1.29 is 9.59 Å². The van der Waals surface area contributed by atoms with Gasteiger partial charge in [-0.1, -0.05) is 5.57 Å². The van der Waals surface area contributed by atoms with Crippen molar-refractivity contribution in [1.82, 2.24) is 0 Å². The summed E-state index contributed by atoms with van der Waals surface area (Å²) < 4.78 is 0. The minimum atomic E-state index is 0.173. The van der Waals surface area contributed by atoms with E-state index in [9.17, 15) is 9.59 Å². The highest BCUT2D eigenvalue weighted by atomic mass is 16.1. The summed E-state index contributed by atoms with van der Waals surface area (Å²) in [5, 5.41) is 0. The summed E-state index contributed by atoms with van der Waals surface area (Å²) in [6.45, 7) is 3.58. The van der Waals surface area contributed by atoms with Crippen LogP contribution in [0.3, 0.4) is 0 Å². The van der Waals surface area contributed by atoms with Crippen molar-refractivity contribution >= 4 is 11.6 Å². The zero-order chi connectivity index (χ0) is 9.84. The second-order valence-electron chi connectivity index (χ2n) is 3.74. The molecule has 0 aromatic heterocycles. The molecule has 72 valence electrons. The third-order valence-electron chi connectivity index (χ3n) is 2.53. The first-order chi connectivity index (χ1) is 6.11. The van der Waals surface area contributed by atoms with Crippen LogP contribution in [-0.4, -0.2) is 11.6 Å². The molecule has 0 amide bonds. The molecule has 0 fully saturated rings. The first-order valence-electron chi connectivity index (χ1n) is 4.82. The highest BCUT2D eigenvalue weighted by molar-refractivity contribution is 5.97. The van der Waals surface area contributed by atoms with Crippen LogP contribution in [0.15, 0.2) is 11.1 Å². The van der Waals surface area contributed by atoms with Crippen molar-refractivity contribution in [3.63, 3.8) is 0 Å². The lowest BCUT2D eigenvalue weighted by Gasteiger charge is -2.19. The molecule has 1 rings (SSSR count). The average Bonchev–Trinajstić information content (AvgIpc) is 2.01. The van der Waals surface area contributed by atoms with Gasteiger partial charge < -0.3 is 4.79 Å². The molecule has 0 saturated carbocycles. The van der Waals surface area contributed by atoms with Gasteiger partial charge in [0.2, 0.25) is 0 Å². The number of hydrogen-bond acceptors (Lipinski definition) is 2. The molecule has 0 aromatic carbocycles. The third kappa shape index (κ3) is 2.79. The fourth-order valence-electron chi connectivity index (χ4n) is 1.53. The fourth-order valence-corrected chi connectivity index (χ4v) is 1.53. The van der Waals surface area contributed by atoms with E-state index in [4.69, 9.17) is 0 Å². The largest absolute Gasteiger partial charge is 0.300 e. The van der Waals surface area contributed by atoms with Crippen LogP contribution in [-0.2, 0) is 9.59 Å². The summed E-state index contributed by atoms with van der Waals surface area (Å²) in [6, 6.07) is 0. The predicted octanol–water partition coefficient (Wildman–Crippen LogP) is 2.43. The molecule has 13 heavy (non-hydrogen) atoms. The Bertz CT molecular complexity index is 261. The molecular weight excluding hydrogens is 164 g/mol. The fraction of sp³-hybridized carbons (Fsp3) is 0.636. The minimum Gasteiger partial charge on any atom is -0.300 e. The number of Topliss-reactive ketones (excluding diaryl/α,β-unsaturated/α-hetero) is 2. The SMILES string of the molecule is CC(=O)CCCC(=O)C1=C(C)CC1. The number of carbonyl (C=O) groups is 2. The Balaban J connectivity index is 2.26. The van der Waals surface area contributed by atoms with E-state index < -0.39 is 0 Å². The van der Waals surface area contributed by atoms with Crippen molar-refractivity contribution in [2.75, 3.05) is 0 Å². The summed E-state index contributed by atoms with van der Waals surface area (Å²) in [5.74, 6) is 0.428. The van der Waals surface area contributed by atoms with Gasteiger partial charge in [0.25, 0.3) is 0 Å². The molecule has 0 saturated heterocycles. The second-order valence-corrected chi connectivity index (χ2v) is 3.74. The topological polar surface area (TPSA) is 34.1 Å². The van der Waals surface area contributed by atoms with Crippen LogP contribution in [0.4, 0.5) is 0 Å². The molecule has 2 nitrogen and oxygen atoms in total. The molecular formula is C11H16O2. The molecule has 0 atom stereocenters. The normalized spacial score (nSPS) is 15.5. The van der Waals surface area contributed by atoms with Crippen LogP contribution in [0.1, 0.15) is 46.0 Å². The van der Waals surface area contributed by atoms with Crippen LogP contribution in [0.2, 0.25) is 0 Å². The summed E-state index contributed by atoms with van der Waals surface area (Å²) in [7, 11) is 0.